The van der Waals surface area contributed by atoms with Crippen LogP contribution >= 0.6 is 0 Å². The molecule has 0 aliphatic rings. The minimum atomic E-state index is -5.23. The molecule has 0 heterocycles. The van der Waals surface area contributed by atoms with Gasteiger partial charge in [-0.3, -0.25) is 19.2 Å². The van der Waals surface area contributed by atoms with E-state index in [0.717, 1.165) is 60.7 Å². The zero-order chi connectivity index (χ0) is 63.8. The third-order valence-corrected chi connectivity index (χ3v) is 14.4. The Morgan fingerprint density at radius 2 is 0.663 bits per heavy atom. The van der Waals surface area contributed by atoms with Gasteiger partial charge in [0.25, 0.3) is 11.8 Å². The molecule has 8 aromatic rings. The summed E-state index contributed by atoms with van der Waals surface area (Å²) < 4.78 is 222. The van der Waals surface area contributed by atoms with Crippen molar-refractivity contribution in [3.63, 3.8) is 0 Å². The molecule has 0 saturated heterocycles. The number of nitrogens with one attached hydrogen (secondary N) is 6. The van der Waals surface area contributed by atoms with Crippen LogP contribution in [0.15, 0.2) is 153 Å². The Bertz CT molecular complexity index is 4600. The van der Waals surface area contributed by atoms with Crippen LogP contribution in [0.4, 0.5) is 47.7 Å². The van der Waals surface area contributed by atoms with Crippen molar-refractivity contribution in [2.75, 3.05) is 31.9 Å². The molecule has 0 aromatic heterocycles. The molecular formula is C49H28F2N6Na6O23S6. The van der Waals surface area contributed by atoms with Gasteiger partial charge in [0.05, 0.1) is 31.6 Å². The zero-order valence-corrected chi connectivity index (χ0v) is 64.7. The molecule has 43 heteroatoms. The number of hydrogen-bond acceptors (Lipinski definition) is 23. The van der Waals surface area contributed by atoms with Gasteiger partial charge in [0.2, 0.25) is 11.8 Å². The van der Waals surface area contributed by atoms with E-state index in [1.54, 1.807) is 0 Å². The fourth-order valence-electron chi connectivity index (χ4n) is 7.46. The average Bonchev–Trinajstić information content (AvgIpc) is 0.775. The van der Waals surface area contributed by atoms with E-state index in [1.807, 2.05) is 0 Å². The molecule has 0 spiro atoms. The van der Waals surface area contributed by atoms with Crippen LogP contribution in [-0.4, -0.2) is 107 Å². The first kappa shape index (κ1) is 88.2. The first-order chi connectivity index (χ1) is 40.0. The third-order valence-electron chi connectivity index (χ3n) is 11.0. The quantitative estimate of drug-likeness (QED) is 0.0334. The maximum atomic E-state index is 15.0. The molecule has 0 aliphatic carbocycles. The van der Waals surface area contributed by atoms with Crippen LogP contribution in [0, 0.1) is 23.8 Å². The number of carbonyl (C=O) groups excluding carboxylic acids is 5. The molecule has 0 unspecified atom stereocenters. The van der Waals surface area contributed by atoms with E-state index in [0.29, 0.717) is 24.3 Å². The molecule has 92 heavy (non-hydrogen) atoms. The topological polar surface area (TPSA) is 489 Å². The van der Waals surface area contributed by atoms with Gasteiger partial charge in [-0.05, 0) is 94.0 Å². The molecule has 448 valence electrons. The fourth-order valence-corrected chi connectivity index (χ4v) is 9.72. The molecular weight excluding hydrogens is 1410 g/mol. The van der Waals surface area contributed by atoms with Crippen LogP contribution in [0.3, 0.4) is 0 Å². The van der Waals surface area contributed by atoms with E-state index in [2.05, 4.69) is 44.0 Å². The van der Waals surface area contributed by atoms with Crippen molar-refractivity contribution in [3.05, 3.63) is 179 Å². The minimum Gasteiger partial charge on any atom is -0.752 e. The van der Waals surface area contributed by atoms with Gasteiger partial charge in [0.1, 0.15) is 31.9 Å². The number of carbonyl (C=O) groups is 5. The van der Waals surface area contributed by atoms with Crippen molar-refractivity contribution in [2.45, 2.75) is 19.6 Å². The Hall–Kier alpha value is -3.83. The number of rotatable bonds is 14. The maximum absolute atomic E-state index is 15.0. The van der Waals surface area contributed by atoms with Gasteiger partial charge in [-0.25, -0.2) is 47.2 Å². The smallest absolute Gasteiger partial charge is 0.752 e. The summed E-state index contributed by atoms with van der Waals surface area (Å²) >= 11 is 0. The van der Waals surface area contributed by atoms with Crippen LogP contribution in [0.25, 0.3) is 21.5 Å². The Balaban J connectivity index is 0.00000559. The molecule has 0 fully saturated rings. The van der Waals surface area contributed by atoms with E-state index in [9.17, 15) is 75.9 Å². The second kappa shape index (κ2) is 37.6. The van der Waals surface area contributed by atoms with Crippen molar-refractivity contribution in [2.24, 2.45) is 0 Å². The second-order valence-electron chi connectivity index (χ2n) is 16.6. The molecule has 0 radical (unpaired) electrons. The van der Waals surface area contributed by atoms with Crippen molar-refractivity contribution in [1.29, 1.82) is 0 Å². The molecule has 8 rings (SSSR count). The van der Waals surface area contributed by atoms with E-state index >= 15 is 8.78 Å². The third kappa shape index (κ3) is 25.0. The summed E-state index contributed by atoms with van der Waals surface area (Å²) in [5.74, 6) is -5.77. The van der Waals surface area contributed by atoms with Crippen LogP contribution in [0.2, 0.25) is 0 Å². The molecule has 0 bridgehead atoms. The Morgan fingerprint density at radius 3 is 0.957 bits per heavy atom. The number of anilines is 6. The average molecular weight is 1440 g/mol. The van der Waals surface area contributed by atoms with E-state index in [4.69, 9.17) is 25.3 Å². The van der Waals surface area contributed by atoms with Gasteiger partial charge in [0.15, 0.2) is 0 Å². The normalized spacial score (nSPS) is 10.6. The zero-order valence-electron chi connectivity index (χ0n) is 47.8. The Labute approximate surface area is 655 Å². The van der Waals surface area contributed by atoms with Gasteiger partial charge in [-0.1, -0.05) is 47.2 Å². The first-order valence-electron chi connectivity index (χ1n) is 22.5. The van der Waals surface area contributed by atoms with Gasteiger partial charge < -0.3 is 50.1 Å². The number of benzene rings is 8. The first-order valence-corrected chi connectivity index (χ1v) is 30.1. The van der Waals surface area contributed by atoms with Crippen LogP contribution < -0.4 is 209 Å². The summed E-state index contributed by atoms with van der Waals surface area (Å²) in [5, 5.41) is 12.7. The van der Waals surface area contributed by atoms with Gasteiger partial charge in [-0.15, -0.1) is 72.4 Å². The molecule has 8 aromatic carbocycles. The fraction of sp³-hybridized carbons (Fsp3) is 0. The van der Waals surface area contributed by atoms with Crippen LogP contribution in [0.1, 0.15) is 41.4 Å². The molecule has 0 atom stereocenters. The van der Waals surface area contributed by atoms with Gasteiger partial charge >= 0.3 is 205 Å². The Kier molecular flexibility index (Phi) is 36.1. The van der Waals surface area contributed by atoms with Gasteiger partial charge in [-0.2, -0.15) is 0 Å². The number of fused-ring (bicyclic) bond motifs is 2. The summed E-state index contributed by atoms with van der Waals surface area (Å²) in [7, 11) is -26.9. The monoisotopic (exact) mass is 1440 g/mol. The largest absolute Gasteiger partial charge is 1.00 e. The van der Waals surface area contributed by atoms with Gasteiger partial charge in [0, 0.05) is 43.4 Å². The number of amides is 6. The maximum Gasteiger partial charge on any atom is 1.00 e. The van der Waals surface area contributed by atoms with Crippen molar-refractivity contribution in [3.8, 4) is 0 Å². The molecule has 0 aliphatic heterocycles. The number of urea groups is 1. The second-order valence-corrected chi connectivity index (χ2v) is 22.9. The molecule has 0 saturated carbocycles. The van der Waals surface area contributed by atoms with Crippen LogP contribution in [0.5, 0.6) is 0 Å². The van der Waals surface area contributed by atoms with E-state index < -0.39 is 145 Å². The summed E-state index contributed by atoms with van der Waals surface area (Å²) in [6.45, 7) is 0. The summed E-state index contributed by atoms with van der Waals surface area (Å²) in [4.78, 5) is 62.8. The standard InChI is InChI=1S/C49H32F2N6O17S4.6Na.2O3S/c50-37-13-7-27(47(60)54-39-15-17-43(77(69,70)71)35-23-31(75(63,64)65)9-11-33(35)39)21-41(37)56-45(58)25-3-1-5-29(19-25)52-49(62)53-30-6-2-4-26(20-30)46(59)57-42-22-28(8-14-38(42)51)48(61)55-40-16-18-44(78(72,73)74)36-24-32(76(66,67)68)10-12-34(36)40;;;;;;;2*1-4(2)3/h1-10,13-24H,(H,54,60)(H,55,61)(H,56,58)(H,57,59)(H2,52,53,62)(H,63,64,65)(H,66,67,68)(H,69,70,71)(H,72,73,74);;;;;;;;/q-2;6*+1;;/p-4. The summed E-state index contributed by atoms with van der Waals surface area (Å²) in [5.41, 5.74) is -2.12. The SMILES string of the molecule is O=C(Nc1cccc(C(=O)Nc2cc(C(=O)Nc3ccc(S(=O)(=O)[O-])c4cc(S(=O)(=O)[O-])c[c-]c34)ccc2F)c1)Nc1cccc(C(=O)Nc2cc(C(=O)Nc3ccc(S(=O)(=O)[O-])c4cc(S(=O)(=O)[O-])c[c-]c34)ccc2F)c1.O=S(=O)=O.O=S(=O)=O.[Na+].[Na+].[Na+].[Na+].[Na+].[Na+]. The Morgan fingerprint density at radius 1 is 0.370 bits per heavy atom. The van der Waals surface area contributed by atoms with Crippen LogP contribution in [-0.2, 0) is 61.7 Å². The molecule has 29 nitrogen and oxygen atoms in total. The molecule has 6 amide bonds. The van der Waals surface area contributed by atoms with Crippen molar-refractivity contribution < 1.29 is 287 Å². The number of halogens is 2. The van der Waals surface area contributed by atoms with E-state index in [1.165, 1.54) is 48.5 Å². The van der Waals surface area contributed by atoms with E-state index in [-0.39, 0.29) is 233 Å². The minimum absolute atomic E-state index is 0. The van der Waals surface area contributed by atoms with Crippen molar-refractivity contribution >= 4 is 147 Å². The summed E-state index contributed by atoms with van der Waals surface area (Å²) in [6, 6.07) is 26.2. The summed E-state index contributed by atoms with van der Waals surface area (Å²) in [6.07, 6.45) is 0. The predicted molar refractivity (Wildman–Crippen MR) is 287 cm³/mol. The number of hydrogen-bond donors (Lipinski definition) is 6. The molecule has 6 N–H and O–H groups in total. The van der Waals surface area contributed by atoms with Crippen molar-refractivity contribution in [1.82, 2.24) is 0 Å². The predicted octanol–water partition coefficient (Wildman–Crippen LogP) is -13.8.